The minimum absolute atomic E-state index is 0.746. The lowest BCUT2D eigenvalue weighted by molar-refractivity contribution is 1.15. The standard InChI is InChI=1S/C14H11N5S2/c1-7-17-5-11(18-7)8-4-10(13-16-2-3-20-13)19-14-12(8)9(15)6-21-14/h2-6H,15H2,1H3,(H,17,18). The van der Waals surface area contributed by atoms with Crippen molar-refractivity contribution in [2.45, 2.75) is 6.92 Å². The van der Waals surface area contributed by atoms with E-state index in [1.807, 2.05) is 29.9 Å². The Labute approximate surface area is 128 Å². The highest BCUT2D eigenvalue weighted by Gasteiger charge is 2.15. The van der Waals surface area contributed by atoms with Crippen LogP contribution in [0.3, 0.4) is 0 Å². The number of aryl methyl sites for hydroxylation is 1. The number of H-pyrrole nitrogens is 1. The number of anilines is 1. The summed E-state index contributed by atoms with van der Waals surface area (Å²) >= 11 is 3.12. The van der Waals surface area contributed by atoms with E-state index in [1.165, 1.54) is 0 Å². The molecule has 3 N–H and O–H groups in total. The quantitative estimate of drug-likeness (QED) is 0.591. The predicted octanol–water partition coefficient (Wildman–Crippen LogP) is 3.70. The fraction of sp³-hybridized carbons (Fsp3) is 0.0714. The molecule has 0 aliphatic heterocycles. The molecular weight excluding hydrogens is 302 g/mol. The number of aromatic amines is 1. The molecule has 4 aromatic heterocycles. The Bertz CT molecular complexity index is 920. The van der Waals surface area contributed by atoms with E-state index >= 15 is 0 Å². The molecule has 0 aromatic carbocycles. The summed E-state index contributed by atoms with van der Waals surface area (Å²) < 4.78 is 0. The third kappa shape index (κ3) is 2.01. The molecule has 7 heteroatoms. The third-order valence-corrected chi connectivity index (χ3v) is 4.90. The molecule has 0 amide bonds. The fourth-order valence-electron chi connectivity index (χ4n) is 2.29. The minimum Gasteiger partial charge on any atom is -0.397 e. The van der Waals surface area contributed by atoms with Crippen molar-refractivity contribution in [1.82, 2.24) is 19.9 Å². The zero-order valence-electron chi connectivity index (χ0n) is 11.1. The number of imidazole rings is 1. The van der Waals surface area contributed by atoms with E-state index in [-0.39, 0.29) is 0 Å². The normalized spacial score (nSPS) is 11.3. The van der Waals surface area contributed by atoms with Crippen LogP contribution in [0.5, 0.6) is 0 Å². The average molecular weight is 313 g/mol. The Balaban J connectivity index is 2.04. The first-order valence-corrected chi connectivity index (χ1v) is 8.08. The zero-order valence-corrected chi connectivity index (χ0v) is 12.8. The molecule has 0 aliphatic carbocycles. The zero-order chi connectivity index (χ0) is 14.4. The van der Waals surface area contributed by atoms with Gasteiger partial charge in [0, 0.05) is 27.9 Å². The van der Waals surface area contributed by atoms with Gasteiger partial charge in [-0.15, -0.1) is 22.7 Å². The van der Waals surface area contributed by atoms with Gasteiger partial charge in [-0.25, -0.2) is 15.0 Å². The molecule has 104 valence electrons. The summed E-state index contributed by atoms with van der Waals surface area (Å²) in [7, 11) is 0. The number of aromatic nitrogens is 4. The van der Waals surface area contributed by atoms with Gasteiger partial charge in [0.15, 0.2) is 0 Å². The summed E-state index contributed by atoms with van der Waals surface area (Å²) in [6, 6.07) is 2.02. The maximum absolute atomic E-state index is 6.11. The van der Waals surface area contributed by atoms with E-state index in [4.69, 9.17) is 5.73 Å². The molecule has 5 nitrogen and oxygen atoms in total. The van der Waals surface area contributed by atoms with Crippen LogP contribution < -0.4 is 5.73 Å². The lowest BCUT2D eigenvalue weighted by Gasteiger charge is -2.05. The molecule has 0 fully saturated rings. The fourth-order valence-corrected chi connectivity index (χ4v) is 3.74. The lowest BCUT2D eigenvalue weighted by Crippen LogP contribution is -1.90. The third-order valence-electron chi connectivity index (χ3n) is 3.22. The molecule has 0 bridgehead atoms. The molecular formula is C14H11N5S2. The number of nitrogens with one attached hydrogen (secondary N) is 1. The maximum atomic E-state index is 6.11. The van der Waals surface area contributed by atoms with Crippen molar-refractivity contribution in [2.75, 3.05) is 5.73 Å². The molecule has 4 rings (SSSR count). The smallest absolute Gasteiger partial charge is 0.141 e. The first-order valence-electron chi connectivity index (χ1n) is 6.32. The molecule has 0 unspecified atom stereocenters. The number of hydrogen-bond acceptors (Lipinski definition) is 6. The average Bonchev–Trinajstić information content (AvgIpc) is 3.19. The number of nitrogen functional groups attached to an aromatic ring is 1. The number of nitrogens with zero attached hydrogens (tertiary/aromatic N) is 3. The van der Waals surface area contributed by atoms with Crippen LogP contribution in [0.2, 0.25) is 0 Å². The molecule has 0 atom stereocenters. The first kappa shape index (κ1) is 12.5. The largest absolute Gasteiger partial charge is 0.397 e. The van der Waals surface area contributed by atoms with E-state index < -0.39 is 0 Å². The van der Waals surface area contributed by atoms with E-state index in [0.717, 1.165) is 43.7 Å². The number of fused-ring (bicyclic) bond motifs is 1. The Kier molecular flexibility index (Phi) is 2.76. The topological polar surface area (TPSA) is 80.5 Å². The summed E-state index contributed by atoms with van der Waals surface area (Å²) in [6.45, 7) is 1.93. The molecule has 21 heavy (non-hydrogen) atoms. The van der Waals surface area contributed by atoms with Crippen LogP contribution in [0.25, 0.3) is 32.2 Å². The Morgan fingerprint density at radius 3 is 2.86 bits per heavy atom. The van der Waals surface area contributed by atoms with E-state index in [9.17, 15) is 0 Å². The Hall–Kier alpha value is -2.25. The van der Waals surface area contributed by atoms with Gasteiger partial charge in [0.05, 0.1) is 17.6 Å². The molecule has 0 radical (unpaired) electrons. The minimum atomic E-state index is 0.746. The second kappa shape index (κ2) is 4.64. The molecule has 0 spiro atoms. The monoisotopic (exact) mass is 313 g/mol. The van der Waals surface area contributed by atoms with Gasteiger partial charge in [0.2, 0.25) is 0 Å². The van der Waals surface area contributed by atoms with Crippen LogP contribution in [0.15, 0.2) is 29.2 Å². The molecule has 0 aliphatic rings. The van der Waals surface area contributed by atoms with Gasteiger partial charge in [-0.1, -0.05) is 0 Å². The summed E-state index contributed by atoms with van der Waals surface area (Å²) in [5.74, 6) is 0.875. The number of thiophene rings is 1. The van der Waals surface area contributed by atoms with Crippen LogP contribution in [-0.4, -0.2) is 19.9 Å². The highest BCUT2D eigenvalue weighted by atomic mass is 32.1. The van der Waals surface area contributed by atoms with Crippen LogP contribution in [-0.2, 0) is 0 Å². The van der Waals surface area contributed by atoms with Crippen molar-refractivity contribution in [3.8, 4) is 22.0 Å². The van der Waals surface area contributed by atoms with Crippen molar-refractivity contribution in [1.29, 1.82) is 0 Å². The van der Waals surface area contributed by atoms with Crippen molar-refractivity contribution < 1.29 is 0 Å². The van der Waals surface area contributed by atoms with Gasteiger partial charge in [-0.05, 0) is 13.0 Å². The second-order valence-electron chi connectivity index (χ2n) is 4.65. The van der Waals surface area contributed by atoms with Crippen molar-refractivity contribution in [3.63, 3.8) is 0 Å². The predicted molar refractivity (Wildman–Crippen MR) is 87.5 cm³/mol. The van der Waals surface area contributed by atoms with Gasteiger partial charge in [-0.3, -0.25) is 0 Å². The number of hydrogen-bond donors (Lipinski definition) is 2. The van der Waals surface area contributed by atoms with Crippen LogP contribution >= 0.6 is 22.7 Å². The summed E-state index contributed by atoms with van der Waals surface area (Å²) in [4.78, 5) is 17.5. The van der Waals surface area contributed by atoms with Gasteiger partial charge >= 0.3 is 0 Å². The van der Waals surface area contributed by atoms with Crippen molar-refractivity contribution >= 4 is 38.6 Å². The number of thiazole rings is 1. The van der Waals surface area contributed by atoms with E-state index in [1.54, 1.807) is 28.9 Å². The maximum Gasteiger partial charge on any atom is 0.141 e. The first-order chi connectivity index (χ1) is 10.2. The van der Waals surface area contributed by atoms with Crippen LogP contribution in [0.1, 0.15) is 5.82 Å². The summed E-state index contributed by atoms with van der Waals surface area (Å²) in [6.07, 6.45) is 3.61. The molecule has 0 saturated carbocycles. The number of nitrogens with two attached hydrogens (primary N) is 1. The Morgan fingerprint density at radius 1 is 1.24 bits per heavy atom. The summed E-state index contributed by atoms with van der Waals surface area (Å²) in [5.41, 5.74) is 9.69. The van der Waals surface area contributed by atoms with Crippen LogP contribution in [0.4, 0.5) is 5.69 Å². The van der Waals surface area contributed by atoms with E-state index in [0.29, 0.717) is 0 Å². The molecule has 4 heterocycles. The molecule has 0 saturated heterocycles. The van der Waals surface area contributed by atoms with Gasteiger partial charge in [0.25, 0.3) is 0 Å². The van der Waals surface area contributed by atoms with Crippen molar-refractivity contribution in [2.24, 2.45) is 0 Å². The van der Waals surface area contributed by atoms with Crippen molar-refractivity contribution in [3.05, 3.63) is 35.0 Å². The SMILES string of the molecule is Cc1ncc(-c2cc(-c3nccs3)nc3scc(N)c23)[nH]1. The Morgan fingerprint density at radius 2 is 2.14 bits per heavy atom. The number of pyridine rings is 1. The van der Waals surface area contributed by atoms with E-state index in [2.05, 4.69) is 19.9 Å². The lowest BCUT2D eigenvalue weighted by atomic mass is 10.1. The molecule has 4 aromatic rings. The highest BCUT2D eigenvalue weighted by molar-refractivity contribution is 7.17. The number of rotatable bonds is 2. The second-order valence-corrected chi connectivity index (χ2v) is 6.40. The van der Waals surface area contributed by atoms with Gasteiger partial charge in [0.1, 0.15) is 21.4 Å². The van der Waals surface area contributed by atoms with Gasteiger partial charge < -0.3 is 10.7 Å². The van der Waals surface area contributed by atoms with Crippen LogP contribution in [0, 0.1) is 6.92 Å². The van der Waals surface area contributed by atoms with Gasteiger partial charge in [-0.2, -0.15) is 0 Å². The highest BCUT2D eigenvalue weighted by Crippen LogP contribution is 2.37. The summed E-state index contributed by atoms with van der Waals surface area (Å²) in [5, 5.41) is 5.75.